The van der Waals surface area contributed by atoms with Crippen molar-refractivity contribution in [2.75, 3.05) is 0 Å². The van der Waals surface area contributed by atoms with Gasteiger partial charge in [-0.3, -0.25) is 4.79 Å². The zero-order valence-electron chi connectivity index (χ0n) is 22.1. The van der Waals surface area contributed by atoms with E-state index in [1.54, 1.807) is 12.1 Å². The van der Waals surface area contributed by atoms with E-state index in [0.29, 0.717) is 29.1 Å². The van der Waals surface area contributed by atoms with Crippen LogP contribution in [0.5, 0.6) is 5.75 Å². The molecular formula is C32H39NO4. The number of carbonyl (C=O) groups excluding carboxylic acids is 2. The fourth-order valence-corrected chi connectivity index (χ4v) is 7.39. The van der Waals surface area contributed by atoms with Crippen LogP contribution in [0.15, 0.2) is 61.2 Å². The molecule has 5 rings (SSSR count). The van der Waals surface area contributed by atoms with Gasteiger partial charge >= 0.3 is 5.97 Å². The number of aryl methyl sites for hydroxylation is 1. The lowest BCUT2D eigenvalue weighted by atomic mass is 9.55. The van der Waals surface area contributed by atoms with Crippen molar-refractivity contribution >= 4 is 11.9 Å². The van der Waals surface area contributed by atoms with Crippen LogP contribution in [-0.4, -0.2) is 24.2 Å². The van der Waals surface area contributed by atoms with Crippen molar-refractivity contribution in [3.05, 3.63) is 77.9 Å². The average Bonchev–Trinajstić information content (AvgIpc) is 3.24. The Hall–Kier alpha value is -2.92. The van der Waals surface area contributed by atoms with Crippen LogP contribution in [-0.2, 0) is 16.0 Å². The molecule has 2 aromatic carbocycles. The molecule has 6 atom stereocenters. The first-order valence-corrected chi connectivity index (χ1v) is 13.9. The van der Waals surface area contributed by atoms with Crippen molar-refractivity contribution in [1.82, 2.24) is 5.32 Å². The van der Waals surface area contributed by atoms with Crippen LogP contribution >= 0.6 is 0 Å². The zero-order chi connectivity index (χ0) is 26.0. The number of hydrogen-bond donors (Lipinski definition) is 1. The standard InChI is InChI=1S/C32H39NO4/c1-4-9-30(33-29(34)5-2)37-28-17-16-27-26-14-12-22-20-23(36-31(35)21-10-7-6-8-11-21)13-15-24(22)25(26)18-19-32(27,28)3/h5-8,10-11,13,15,20,25-28,30H,2,4,9,12,14,16-19H2,1,3H3,(H,33,34)/t25-,26-,27+,28?,30?,32+/m1/s1. The highest BCUT2D eigenvalue weighted by atomic mass is 16.5. The largest absolute Gasteiger partial charge is 0.423 e. The smallest absolute Gasteiger partial charge is 0.343 e. The van der Waals surface area contributed by atoms with E-state index in [2.05, 4.69) is 37.9 Å². The molecule has 37 heavy (non-hydrogen) atoms. The predicted molar refractivity (Wildman–Crippen MR) is 144 cm³/mol. The summed E-state index contributed by atoms with van der Waals surface area (Å²) in [7, 11) is 0. The lowest BCUT2D eigenvalue weighted by molar-refractivity contribution is -0.132. The minimum atomic E-state index is -0.315. The predicted octanol–water partition coefficient (Wildman–Crippen LogP) is 6.58. The van der Waals surface area contributed by atoms with E-state index in [4.69, 9.17) is 9.47 Å². The summed E-state index contributed by atoms with van der Waals surface area (Å²) in [5.74, 6) is 1.96. The van der Waals surface area contributed by atoms with E-state index in [0.717, 1.165) is 44.9 Å². The van der Waals surface area contributed by atoms with Crippen LogP contribution in [0.3, 0.4) is 0 Å². The Balaban J connectivity index is 1.28. The van der Waals surface area contributed by atoms with Gasteiger partial charge in [0.05, 0.1) is 11.7 Å². The van der Waals surface area contributed by atoms with Crippen molar-refractivity contribution in [2.24, 2.45) is 17.3 Å². The van der Waals surface area contributed by atoms with Crippen molar-refractivity contribution in [2.45, 2.75) is 83.5 Å². The summed E-state index contributed by atoms with van der Waals surface area (Å²) in [6.45, 7) is 8.13. The van der Waals surface area contributed by atoms with Gasteiger partial charge in [0.2, 0.25) is 5.91 Å². The van der Waals surface area contributed by atoms with Crippen LogP contribution in [0.2, 0.25) is 0 Å². The Morgan fingerprint density at radius 1 is 1.14 bits per heavy atom. The second-order valence-corrected chi connectivity index (χ2v) is 11.3. The molecule has 2 saturated carbocycles. The summed E-state index contributed by atoms with van der Waals surface area (Å²) in [4.78, 5) is 24.5. The van der Waals surface area contributed by atoms with Crippen molar-refractivity contribution < 1.29 is 19.1 Å². The maximum absolute atomic E-state index is 12.5. The van der Waals surface area contributed by atoms with Crippen LogP contribution in [0.25, 0.3) is 0 Å². The molecule has 0 spiro atoms. The lowest BCUT2D eigenvalue weighted by Crippen LogP contribution is -2.47. The number of benzene rings is 2. The van der Waals surface area contributed by atoms with Gasteiger partial charge in [-0.25, -0.2) is 4.79 Å². The molecular weight excluding hydrogens is 462 g/mol. The highest BCUT2D eigenvalue weighted by molar-refractivity contribution is 5.91. The molecule has 0 heterocycles. The summed E-state index contributed by atoms with van der Waals surface area (Å²) >= 11 is 0. The third kappa shape index (κ3) is 5.11. The number of fused-ring (bicyclic) bond motifs is 5. The van der Waals surface area contributed by atoms with E-state index in [-0.39, 0.29) is 29.6 Å². The van der Waals surface area contributed by atoms with E-state index in [1.165, 1.54) is 23.6 Å². The van der Waals surface area contributed by atoms with Crippen LogP contribution in [0.1, 0.15) is 86.2 Å². The molecule has 2 fully saturated rings. The van der Waals surface area contributed by atoms with E-state index < -0.39 is 0 Å². The van der Waals surface area contributed by atoms with Gasteiger partial charge in [-0.2, -0.15) is 0 Å². The molecule has 3 aliphatic rings. The first-order valence-electron chi connectivity index (χ1n) is 13.9. The summed E-state index contributed by atoms with van der Waals surface area (Å²) < 4.78 is 12.3. The molecule has 1 N–H and O–H groups in total. The Kier molecular flexibility index (Phi) is 7.52. The first kappa shape index (κ1) is 25.7. The number of rotatable bonds is 8. The SMILES string of the molecule is C=CC(=O)NC(CCC)OC1CC[C@H]2[C@@H]3CCc4cc(OC(=O)c5ccccc5)ccc4[C@H]3CC[C@]12C. The average molecular weight is 502 g/mol. The third-order valence-corrected chi connectivity index (χ3v) is 9.20. The molecule has 0 aliphatic heterocycles. The van der Waals surface area contributed by atoms with Gasteiger partial charge in [0, 0.05) is 0 Å². The molecule has 2 unspecified atom stereocenters. The molecule has 2 aromatic rings. The second-order valence-electron chi connectivity index (χ2n) is 11.3. The summed E-state index contributed by atoms with van der Waals surface area (Å²) in [5, 5.41) is 2.99. The molecule has 196 valence electrons. The molecule has 5 heteroatoms. The van der Waals surface area contributed by atoms with Gasteiger partial charge in [-0.05, 0) is 110 Å². The van der Waals surface area contributed by atoms with Crippen molar-refractivity contribution in [3.63, 3.8) is 0 Å². The van der Waals surface area contributed by atoms with Crippen LogP contribution < -0.4 is 10.1 Å². The molecule has 1 amide bonds. The maximum Gasteiger partial charge on any atom is 0.343 e. The van der Waals surface area contributed by atoms with E-state index in [1.807, 2.05) is 24.3 Å². The number of ether oxygens (including phenoxy) is 2. The number of esters is 1. The minimum Gasteiger partial charge on any atom is -0.423 e. The number of amides is 1. The second kappa shape index (κ2) is 10.8. The van der Waals surface area contributed by atoms with Gasteiger partial charge in [0.25, 0.3) is 0 Å². The number of carbonyl (C=O) groups is 2. The number of hydrogen-bond acceptors (Lipinski definition) is 4. The van der Waals surface area contributed by atoms with E-state index in [9.17, 15) is 9.59 Å². The Morgan fingerprint density at radius 2 is 1.95 bits per heavy atom. The van der Waals surface area contributed by atoms with Gasteiger partial charge in [0.15, 0.2) is 0 Å². The van der Waals surface area contributed by atoms with Crippen LogP contribution in [0.4, 0.5) is 0 Å². The molecule has 0 saturated heterocycles. The Morgan fingerprint density at radius 3 is 2.70 bits per heavy atom. The Labute approximate surface area is 220 Å². The fraction of sp³-hybridized carbons (Fsp3) is 0.500. The quantitative estimate of drug-likeness (QED) is 0.192. The van der Waals surface area contributed by atoms with Crippen LogP contribution in [0, 0.1) is 17.3 Å². The van der Waals surface area contributed by atoms with Crippen molar-refractivity contribution in [1.29, 1.82) is 0 Å². The molecule has 3 aliphatic carbocycles. The normalized spacial score (nSPS) is 28.8. The first-order chi connectivity index (χ1) is 17.9. The highest BCUT2D eigenvalue weighted by Gasteiger charge is 2.55. The summed E-state index contributed by atoms with van der Waals surface area (Å²) in [5.41, 5.74) is 3.46. The molecule has 5 nitrogen and oxygen atoms in total. The third-order valence-electron chi connectivity index (χ3n) is 9.20. The van der Waals surface area contributed by atoms with E-state index >= 15 is 0 Å². The fourth-order valence-electron chi connectivity index (χ4n) is 7.39. The van der Waals surface area contributed by atoms with Gasteiger partial charge in [-0.15, -0.1) is 0 Å². The minimum absolute atomic E-state index is 0.134. The number of nitrogens with one attached hydrogen (secondary N) is 1. The Bertz CT molecular complexity index is 1140. The molecule has 0 bridgehead atoms. The van der Waals surface area contributed by atoms with Gasteiger partial charge in [-0.1, -0.05) is 51.1 Å². The topological polar surface area (TPSA) is 64.6 Å². The molecule has 0 radical (unpaired) electrons. The lowest BCUT2D eigenvalue weighted by Gasteiger charge is -2.51. The van der Waals surface area contributed by atoms with Crippen molar-refractivity contribution in [3.8, 4) is 5.75 Å². The summed E-state index contributed by atoms with van der Waals surface area (Å²) in [6, 6.07) is 15.4. The zero-order valence-corrected chi connectivity index (χ0v) is 22.1. The maximum atomic E-state index is 12.5. The monoisotopic (exact) mass is 501 g/mol. The van der Waals surface area contributed by atoms with Gasteiger partial charge in [0.1, 0.15) is 12.0 Å². The van der Waals surface area contributed by atoms with Gasteiger partial charge < -0.3 is 14.8 Å². The summed E-state index contributed by atoms with van der Waals surface area (Å²) in [6.07, 6.45) is 9.68. The highest BCUT2D eigenvalue weighted by Crippen LogP contribution is 2.61. The molecule has 0 aromatic heterocycles.